The second-order valence-corrected chi connectivity index (χ2v) is 10.9. The van der Waals surface area contributed by atoms with E-state index in [4.69, 9.17) is 26.5 Å². The lowest BCUT2D eigenvalue weighted by Crippen LogP contribution is -2.62. The highest BCUT2D eigenvalue weighted by molar-refractivity contribution is 6.30. The highest BCUT2D eigenvalue weighted by atomic mass is 35.5. The molecule has 34 heavy (non-hydrogen) atoms. The van der Waals surface area contributed by atoms with Gasteiger partial charge in [-0.05, 0) is 49.9 Å². The van der Waals surface area contributed by atoms with Crippen molar-refractivity contribution >= 4 is 17.4 Å². The molecule has 1 atom stereocenters. The van der Waals surface area contributed by atoms with Crippen molar-refractivity contribution in [2.24, 2.45) is 5.41 Å². The van der Waals surface area contributed by atoms with Crippen LogP contribution in [0.5, 0.6) is 0 Å². The Morgan fingerprint density at radius 3 is 2.82 bits per heavy atom. The summed E-state index contributed by atoms with van der Waals surface area (Å²) in [5.41, 5.74) is 3.93. The summed E-state index contributed by atoms with van der Waals surface area (Å²) in [5, 5.41) is 10.2. The number of rotatable bonds is 3. The first-order valence-corrected chi connectivity index (χ1v) is 12.5. The summed E-state index contributed by atoms with van der Waals surface area (Å²) in [6, 6.07) is 6.64. The molecule has 2 saturated heterocycles. The van der Waals surface area contributed by atoms with E-state index in [1.807, 2.05) is 12.3 Å². The molecule has 0 bridgehead atoms. The molecule has 9 heteroatoms. The van der Waals surface area contributed by atoms with E-state index in [0.717, 1.165) is 86.7 Å². The summed E-state index contributed by atoms with van der Waals surface area (Å²) in [7, 11) is 0. The van der Waals surface area contributed by atoms with Gasteiger partial charge in [-0.15, -0.1) is 10.2 Å². The molecule has 3 aliphatic heterocycles. The molecule has 1 saturated carbocycles. The topological polar surface area (TPSA) is 72.2 Å². The average Bonchev–Trinajstić information content (AvgIpc) is 3.41. The van der Waals surface area contributed by atoms with Crippen molar-refractivity contribution in [3.05, 3.63) is 58.5 Å². The van der Waals surface area contributed by atoms with E-state index in [-0.39, 0.29) is 0 Å². The van der Waals surface area contributed by atoms with Crippen molar-refractivity contribution < 1.29 is 4.74 Å². The molecule has 0 N–H and O–H groups in total. The predicted molar refractivity (Wildman–Crippen MR) is 128 cm³/mol. The van der Waals surface area contributed by atoms with Crippen LogP contribution in [0.1, 0.15) is 48.0 Å². The number of benzene rings is 1. The van der Waals surface area contributed by atoms with E-state index >= 15 is 0 Å². The van der Waals surface area contributed by atoms with Gasteiger partial charge < -0.3 is 9.64 Å². The lowest BCUT2D eigenvalue weighted by atomic mass is 9.57. The van der Waals surface area contributed by atoms with E-state index in [1.165, 1.54) is 11.3 Å². The molecule has 8 nitrogen and oxygen atoms in total. The maximum absolute atomic E-state index is 6.42. The van der Waals surface area contributed by atoms with Gasteiger partial charge in [0, 0.05) is 60.4 Å². The molecule has 2 aromatic heterocycles. The van der Waals surface area contributed by atoms with Crippen molar-refractivity contribution in [2.75, 3.05) is 31.2 Å². The van der Waals surface area contributed by atoms with Crippen LogP contribution in [0.4, 0.5) is 5.82 Å². The SMILES string of the molecule is Cc1cncnc1N1CC2(CC(c3nnc4n3-c3ccc(Cl)cc3CN([C@@H]3CCOC3)C4)C2)C1. The highest BCUT2D eigenvalue weighted by Crippen LogP contribution is 2.56. The standard InChI is InChI=1S/C25H28ClN7O/c1-16-9-27-15-28-23(16)32-13-25(14-32)7-18(8-25)24-30-29-22-11-31(20-4-5-34-12-20)10-17-6-19(26)2-3-21(17)33(22)24/h2-3,6,9,15,18,20H,4-5,7-8,10-14H2,1H3/t20-/m1/s1. The summed E-state index contributed by atoms with van der Waals surface area (Å²) in [4.78, 5) is 13.5. The van der Waals surface area contributed by atoms with Crippen LogP contribution in [0.2, 0.25) is 5.02 Å². The molecule has 3 fully saturated rings. The first-order chi connectivity index (χ1) is 16.6. The average molecular weight is 478 g/mol. The van der Waals surface area contributed by atoms with Gasteiger partial charge >= 0.3 is 0 Å². The summed E-state index contributed by atoms with van der Waals surface area (Å²) in [5.74, 6) is 3.63. The fourth-order valence-corrected chi connectivity index (χ4v) is 6.64. The zero-order chi connectivity index (χ0) is 22.9. The monoisotopic (exact) mass is 477 g/mol. The van der Waals surface area contributed by atoms with Crippen LogP contribution < -0.4 is 4.90 Å². The molecular weight excluding hydrogens is 450 g/mol. The zero-order valence-electron chi connectivity index (χ0n) is 19.3. The Morgan fingerprint density at radius 1 is 1.15 bits per heavy atom. The molecule has 176 valence electrons. The minimum Gasteiger partial charge on any atom is -0.380 e. The third-order valence-corrected chi connectivity index (χ3v) is 8.36. The lowest BCUT2D eigenvalue weighted by molar-refractivity contribution is 0.0580. The van der Waals surface area contributed by atoms with Crippen molar-refractivity contribution in [1.82, 2.24) is 29.6 Å². The maximum atomic E-state index is 6.42. The Kier molecular flexibility index (Phi) is 4.73. The second kappa shape index (κ2) is 7.73. The molecule has 1 aliphatic carbocycles. The Balaban J connectivity index is 1.15. The van der Waals surface area contributed by atoms with Gasteiger partial charge in [-0.2, -0.15) is 0 Å². The Labute approximate surface area is 203 Å². The molecule has 1 spiro atoms. The lowest BCUT2D eigenvalue weighted by Gasteiger charge is -2.59. The number of hydrogen-bond donors (Lipinski definition) is 0. The van der Waals surface area contributed by atoms with Gasteiger partial charge in [0.1, 0.15) is 18.0 Å². The van der Waals surface area contributed by atoms with Crippen LogP contribution in [0.3, 0.4) is 0 Å². The third kappa shape index (κ3) is 3.26. The fourth-order valence-electron chi connectivity index (χ4n) is 6.45. The van der Waals surface area contributed by atoms with E-state index in [1.54, 1.807) is 6.33 Å². The van der Waals surface area contributed by atoms with Gasteiger partial charge in [0.2, 0.25) is 0 Å². The number of anilines is 1. The second-order valence-electron chi connectivity index (χ2n) is 10.5. The Bertz CT molecular complexity index is 1240. The summed E-state index contributed by atoms with van der Waals surface area (Å²) < 4.78 is 8.01. The van der Waals surface area contributed by atoms with Crippen LogP contribution in [0.25, 0.3) is 5.69 Å². The molecule has 5 heterocycles. The molecular formula is C25H28ClN7O. The van der Waals surface area contributed by atoms with Crippen LogP contribution in [-0.4, -0.2) is 62.0 Å². The zero-order valence-corrected chi connectivity index (χ0v) is 20.1. The highest BCUT2D eigenvalue weighted by Gasteiger charge is 2.54. The molecule has 7 rings (SSSR count). The van der Waals surface area contributed by atoms with Crippen molar-refractivity contribution in [1.29, 1.82) is 0 Å². The quantitative estimate of drug-likeness (QED) is 0.571. The minimum atomic E-state index is 0.370. The van der Waals surface area contributed by atoms with E-state index < -0.39 is 0 Å². The van der Waals surface area contributed by atoms with Crippen LogP contribution in [-0.2, 0) is 17.8 Å². The molecule has 3 aromatic rings. The van der Waals surface area contributed by atoms with Gasteiger partial charge in [0.15, 0.2) is 5.82 Å². The fraction of sp³-hybridized carbons (Fsp3) is 0.520. The van der Waals surface area contributed by atoms with Gasteiger partial charge in [0.05, 0.1) is 18.8 Å². The first kappa shape index (κ1) is 20.8. The largest absolute Gasteiger partial charge is 0.380 e. The molecule has 4 aliphatic rings. The minimum absolute atomic E-state index is 0.370. The summed E-state index contributed by atoms with van der Waals surface area (Å²) in [6.45, 7) is 7.45. The van der Waals surface area contributed by atoms with Gasteiger partial charge in [-0.3, -0.25) is 9.47 Å². The molecule has 0 unspecified atom stereocenters. The maximum Gasteiger partial charge on any atom is 0.151 e. The van der Waals surface area contributed by atoms with Gasteiger partial charge in [-0.1, -0.05) is 11.6 Å². The van der Waals surface area contributed by atoms with Crippen molar-refractivity contribution in [3.63, 3.8) is 0 Å². The number of hydrogen-bond acceptors (Lipinski definition) is 7. The van der Waals surface area contributed by atoms with E-state index in [0.29, 0.717) is 17.4 Å². The van der Waals surface area contributed by atoms with Crippen LogP contribution >= 0.6 is 11.6 Å². The first-order valence-electron chi connectivity index (χ1n) is 12.1. The van der Waals surface area contributed by atoms with Gasteiger partial charge in [0.25, 0.3) is 0 Å². The summed E-state index contributed by atoms with van der Waals surface area (Å²) in [6.07, 6.45) is 6.90. The number of halogens is 1. The molecule has 0 amide bonds. The smallest absolute Gasteiger partial charge is 0.151 e. The number of aromatic nitrogens is 5. The summed E-state index contributed by atoms with van der Waals surface area (Å²) >= 11 is 6.42. The van der Waals surface area contributed by atoms with Crippen LogP contribution in [0, 0.1) is 12.3 Å². The van der Waals surface area contributed by atoms with Crippen molar-refractivity contribution in [2.45, 2.75) is 51.2 Å². The Hall–Kier alpha value is -2.55. The number of ether oxygens (including phenoxy) is 1. The third-order valence-electron chi connectivity index (χ3n) is 8.12. The van der Waals surface area contributed by atoms with E-state index in [2.05, 4.69) is 43.4 Å². The molecule has 1 aromatic carbocycles. The van der Waals surface area contributed by atoms with Crippen molar-refractivity contribution in [3.8, 4) is 5.69 Å². The van der Waals surface area contributed by atoms with E-state index in [9.17, 15) is 0 Å². The Morgan fingerprint density at radius 2 is 2.03 bits per heavy atom. The van der Waals surface area contributed by atoms with Crippen LogP contribution in [0.15, 0.2) is 30.7 Å². The molecule has 0 radical (unpaired) electrons. The van der Waals surface area contributed by atoms with Gasteiger partial charge in [-0.25, -0.2) is 9.97 Å². The number of nitrogens with zero attached hydrogens (tertiary/aromatic N) is 7. The predicted octanol–water partition coefficient (Wildman–Crippen LogP) is 3.51. The number of aryl methyl sites for hydroxylation is 1. The number of fused-ring (bicyclic) bond motifs is 3. The normalized spacial score (nSPS) is 23.8.